The van der Waals surface area contributed by atoms with Crippen LogP contribution in [0.25, 0.3) is 0 Å². The van der Waals surface area contributed by atoms with Crippen LogP contribution in [-0.2, 0) is 9.59 Å². The number of hydrogen-bond acceptors (Lipinski definition) is 3. The average Bonchev–Trinajstić information content (AvgIpc) is 2.27. The predicted molar refractivity (Wildman–Crippen MR) is 58.5 cm³/mol. The summed E-state index contributed by atoms with van der Waals surface area (Å²) in [6.45, 7) is 5.17. The first-order valence-corrected chi connectivity index (χ1v) is 5.52. The molecule has 1 rings (SSSR count). The molecule has 1 amide bonds. The lowest BCUT2D eigenvalue weighted by Gasteiger charge is -2.34. The molecule has 2 atom stereocenters. The van der Waals surface area contributed by atoms with E-state index in [-0.39, 0.29) is 23.7 Å². The smallest absolute Gasteiger partial charge is 0.236 e. The molecule has 0 aliphatic carbocycles. The van der Waals surface area contributed by atoms with Crippen LogP contribution in [0.4, 0.5) is 0 Å². The van der Waals surface area contributed by atoms with Crippen molar-refractivity contribution in [2.75, 3.05) is 20.1 Å². The lowest BCUT2D eigenvalue weighted by atomic mass is 9.93. The molecule has 0 aromatic carbocycles. The van der Waals surface area contributed by atoms with Gasteiger partial charge in [0, 0.05) is 19.5 Å². The van der Waals surface area contributed by atoms with E-state index in [1.54, 1.807) is 14.0 Å². The minimum atomic E-state index is -0.128. The molecule has 4 nitrogen and oxygen atoms in total. The molecule has 1 aliphatic heterocycles. The van der Waals surface area contributed by atoms with E-state index in [0.717, 1.165) is 25.9 Å². The summed E-state index contributed by atoms with van der Waals surface area (Å²) in [5.41, 5.74) is 0. The van der Waals surface area contributed by atoms with Gasteiger partial charge in [-0.3, -0.25) is 14.5 Å². The first-order chi connectivity index (χ1) is 7.06. The first-order valence-electron chi connectivity index (χ1n) is 5.52. The van der Waals surface area contributed by atoms with Gasteiger partial charge in [0.05, 0.1) is 6.04 Å². The van der Waals surface area contributed by atoms with E-state index in [1.807, 2.05) is 6.92 Å². The third-order valence-electron chi connectivity index (χ3n) is 3.20. The summed E-state index contributed by atoms with van der Waals surface area (Å²) in [4.78, 5) is 24.8. The van der Waals surface area contributed by atoms with Gasteiger partial charge in [0.15, 0.2) is 0 Å². The van der Waals surface area contributed by atoms with Gasteiger partial charge in [-0.05, 0) is 33.2 Å². The Hall–Kier alpha value is -0.900. The number of carbonyl (C=O) groups is 2. The van der Waals surface area contributed by atoms with Crippen LogP contribution in [0.15, 0.2) is 0 Å². The Morgan fingerprint density at radius 3 is 2.67 bits per heavy atom. The predicted octanol–water partition coefficient (Wildman–Crippen LogP) is 0.422. The number of likely N-dealkylation sites (N-methyl/N-ethyl adjacent to an activating group) is 1. The number of hydrogen-bond donors (Lipinski definition) is 1. The molecule has 1 N–H and O–H groups in total. The lowest BCUT2D eigenvalue weighted by molar-refractivity contribution is -0.129. The highest BCUT2D eigenvalue weighted by molar-refractivity contribution is 5.81. The Balaban J connectivity index is 2.55. The van der Waals surface area contributed by atoms with Gasteiger partial charge in [0.25, 0.3) is 0 Å². The van der Waals surface area contributed by atoms with Crippen LogP contribution in [0.3, 0.4) is 0 Å². The van der Waals surface area contributed by atoms with Gasteiger partial charge in [0.1, 0.15) is 5.78 Å². The van der Waals surface area contributed by atoms with Gasteiger partial charge in [-0.15, -0.1) is 0 Å². The molecule has 1 fully saturated rings. The minimum Gasteiger partial charge on any atom is -0.358 e. The maximum Gasteiger partial charge on any atom is 0.236 e. The Morgan fingerprint density at radius 2 is 2.13 bits per heavy atom. The summed E-state index contributed by atoms with van der Waals surface area (Å²) in [7, 11) is 1.64. The van der Waals surface area contributed by atoms with E-state index in [9.17, 15) is 9.59 Å². The SMILES string of the molecule is CNC(=O)C(C)N1CCCC(C(C)=O)C1. The fourth-order valence-electron chi connectivity index (χ4n) is 2.06. The number of carbonyl (C=O) groups excluding carboxylic acids is 2. The van der Waals surface area contributed by atoms with E-state index >= 15 is 0 Å². The zero-order valence-corrected chi connectivity index (χ0v) is 9.75. The minimum absolute atomic E-state index is 0.0270. The second kappa shape index (κ2) is 5.26. The summed E-state index contributed by atoms with van der Waals surface area (Å²) in [5.74, 6) is 0.383. The van der Waals surface area contributed by atoms with Crippen molar-refractivity contribution in [3.8, 4) is 0 Å². The van der Waals surface area contributed by atoms with E-state index in [0.29, 0.717) is 0 Å². The van der Waals surface area contributed by atoms with Gasteiger partial charge < -0.3 is 5.32 Å². The molecule has 0 saturated carbocycles. The van der Waals surface area contributed by atoms with E-state index in [2.05, 4.69) is 10.2 Å². The van der Waals surface area contributed by atoms with Crippen LogP contribution < -0.4 is 5.32 Å². The summed E-state index contributed by atoms with van der Waals surface area (Å²) in [6.07, 6.45) is 1.97. The quantitative estimate of drug-likeness (QED) is 0.737. The second-order valence-electron chi connectivity index (χ2n) is 4.23. The van der Waals surface area contributed by atoms with Crippen LogP contribution in [0.5, 0.6) is 0 Å². The summed E-state index contributed by atoms with van der Waals surface area (Å²) >= 11 is 0. The van der Waals surface area contributed by atoms with Crippen molar-refractivity contribution in [2.24, 2.45) is 5.92 Å². The fraction of sp³-hybridized carbons (Fsp3) is 0.818. The monoisotopic (exact) mass is 212 g/mol. The number of piperidine rings is 1. The van der Waals surface area contributed by atoms with E-state index in [4.69, 9.17) is 0 Å². The average molecular weight is 212 g/mol. The number of likely N-dealkylation sites (tertiary alicyclic amines) is 1. The van der Waals surface area contributed by atoms with E-state index < -0.39 is 0 Å². The van der Waals surface area contributed by atoms with Crippen LogP contribution in [-0.4, -0.2) is 42.8 Å². The molecule has 2 unspecified atom stereocenters. The Labute approximate surface area is 91.0 Å². The normalized spacial score (nSPS) is 24.6. The molecule has 1 heterocycles. The van der Waals surface area contributed by atoms with Gasteiger partial charge in [0.2, 0.25) is 5.91 Å². The zero-order chi connectivity index (χ0) is 11.4. The topological polar surface area (TPSA) is 49.4 Å². The lowest BCUT2D eigenvalue weighted by Crippen LogP contribution is -2.49. The third-order valence-corrected chi connectivity index (χ3v) is 3.20. The Kier molecular flexibility index (Phi) is 4.27. The maximum atomic E-state index is 11.4. The van der Waals surface area contributed by atoms with E-state index in [1.165, 1.54) is 0 Å². The van der Waals surface area contributed by atoms with Crippen LogP contribution in [0.2, 0.25) is 0 Å². The first kappa shape index (κ1) is 12.2. The van der Waals surface area contributed by atoms with Crippen molar-refractivity contribution in [1.82, 2.24) is 10.2 Å². The van der Waals surface area contributed by atoms with Crippen LogP contribution >= 0.6 is 0 Å². The highest BCUT2D eigenvalue weighted by Gasteiger charge is 2.28. The number of nitrogens with zero attached hydrogens (tertiary/aromatic N) is 1. The van der Waals surface area contributed by atoms with Crippen molar-refractivity contribution in [2.45, 2.75) is 32.7 Å². The molecule has 86 valence electrons. The number of rotatable bonds is 3. The highest BCUT2D eigenvalue weighted by atomic mass is 16.2. The molecule has 0 radical (unpaired) electrons. The zero-order valence-electron chi connectivity index (χ0n) is 9.75. The Morgan fingerprint density at radius 1 is 1.47 bits per heavy atom. The summed E-state index contributed by atoms with van der Waals surface area (Å²) in [6, 6.07) is -0.128. The number of amides is 1. The molecule has 4 heteroatoms. The third kappa shape index (κ3) is 3.02. The van der Waals surface area contributed by atoms with Gasteiger partial charge in [-0.25, -0.2) is 0 Å². The number of Topliss-reactive ketones (excluding diaryl/α,β-unsaturated/α-hetero) is 1. The second-order valence-corrected chi connectivity index (χ2v) is 4.23. The Bertz CT molecular complexity index is 253. The fourth-order valence-corrected chi connectivity index (χ4v) is 2.06. The maximum absolute atomic E-state index is 11.4. The molecule has 1 saturated heterocycles. The van der Waals surface area contributed by atoms with Gasteiger partial charge in [-0.1, -0.05) is 0 Å². The van der Waals surface area contributed by atoms with Crippen molar-refractivity contribution >= 4 is 11.7 Å². The summed E-state index contributed by atoms with van der Waals surface area (Å²) < 4.78 is 0. The van der Waals surface area contributed by atoms with Gasteiger partial charge >= 0.3 is 0 Å². The van der Waals surface area contributed by atoms with Crippen molar-refractivity contribution in [3.05, 3.63) is 0 Å². The molecule has 0 bridgehead atoms. The number of nitrogens with one attached hydrogen (secondary N) is 1. The molecule has 0 aromatic heterocycles. The number of ketones is 1. The molecule has 15 heavy (non-hydrogen) atoms. The van der Waals surface area contributed by atoms with Crippen molar-refractivity contribution in [1.29, 1.82) is 0 Å². The van der Waals surface area contributed by atoms with Crippen LogP contribution in [0.1, 0.15) is 26.7 Å². The molecule has 1 aliphatic rings. The van der Waals surface area contributed by atoms with Gasteiger partial charge in [-0.2, -0.15) is 0 Å². The van der Waals surface area contributed by atoms with Crippen LogP contribution in [0, 0.1) is 5.92 Å². The molecule has 0 spiro atoms. The highest BCUT2D eigenvalue weighted by Crippen LogP contribution is 2.19. The van der Waals surface area contributed by atoms with Crippen molar-refractivity contribution < 1.29 is 9.59 Å². The largest absolute Gasteiger partial charge is 0.358 e. The molecule has 0 aromatic rings. The standard InChI is InChI=1S/C11H20N2O2/c1-8(11(15)12-3)13-6-4-5-10(7-13)9(2)14/h8,10H,4-7H2,1-3H3,(H,12,15). The molecular weight excluding hydrogens is 192 g/mol. The van der Waals surface area contributed by atoms with Crippen molar-refractivity contribution in [3.63, 3.8) is 0 Å². The summed E-state index contributed by atoms with van der Waals surface area (Å²) in [5, 5.41) is 2.64. The molecular formula is C11H20N2O2.